The number of hydrogen-bond donors (Lipinski definition) is 1. The van der Waals surface area contributed by atoms with Gasteiger partial charge in [-0.1, -0.05) is 11.6 Å². The molecule has 154 valence electrons. The Morgan fingerprint density at radius 3 is 2.79 bits per heavy atom. The predicted molar refractivity (Wildman–Crippen MR) is 111 cm³/mol. The van der Waals surface area contributed by atoms with Gasteiger partial charge in [0, 0.05) is 55.2 Å². The number of carbonyl (C=O) groups excluding carboxylic acids is 1. The van der Waals surface area contributed by atoms with Crippen LogP contribution in [0.5, 0.6) is 5.75 Å². The Morgan fingerprint density at radius 1 is 1.21 bits per heavy atom. The Hall–Kier alpha value is -2.38. The Labute approximate surface area is 175 Å². The molecule has 3 heterocycles. The molecule has 0 spiro atoms. The van der Waals surface area contributed by atoms with Crippen LogP contribution in [0.15, 0.2) is 36.5 Å². The highest BCUT2D eigenvalue weighted by molar-refractivity contribution is 6.30. The van der Waals surface area contributed by atoms with Crippen molar-refractivity contribution >= 4 is 23.5 Å². The van der Waals surface area contributed by atoms with E-state index >= 15 is 0 Å². The molecule has 8 heteroatoms. The number of anilines is 1. The van der Waals surface area contributed by atoms with E-state index in [1.165, 1.54) is 0 Å². The van der Waals surface area contributed by atoms with Crippen molar-refractivity contribution < 1.29 is 14.3 Å². The van der Waals surface area contributed by atoms with E-state index in [9.17, 15) is 4.79 Å². The number of aromatic nitrogens is 2. The quantitative estimate of drug-likeness (QED) is 0.780. The summed E-state index contributed by atoms with van der Waals surface area (Å²) in [5, 5.41) is 3.67. The summed E-state index contributed by atoms with van der Waals surface area (Å²) in [5.41, 5.74) is 1.09. The van der Waals surface area contributed by atoms with Crippen LogP contribution in [0.1, 0.15) is 30.9 Å². The molecule has 2 saturated heterocycles. The van der Waals surface area contributed by atoms with Crippen LogP contribution in [0.2, 0.25) is 5.02 Å². The van der Waals surface area contributed by atoms with Crippen molar-refractivity contribution in [1.29, 1.82) is 0 Å². The molecular formula is C21H25ClN4O3. The van der Waals surface area contributed by atoms with Crippen molar-refractivity contribution in [2.24, 2.45) is 0 Å². The van der Waals surface area contributed by atoms with E-state index in [4.69, 9.17) is 26.1 Å². The van der Waals surface area contributed by atoms with Crippen molar-refractivity contribution in [2.75, 3.05) is 37.8 Å². The van der Waals surface area contributed by atoms with Gasteiger partial charge in [0.05, 0.1) is 0 Å². The van der Waals surface area contributed by atoms with E-state index in [1.807, 2.05) is 12.3 Å². The third kappa shape index (κ3) is 5.36. The predicted octanol–water partition coefficient (Wildman–Crippen LogP) is 2.80. The third-order valence-corrected chi connectivity index (χ3v) is 5.58. The van der Waals surface area contributed by atoms with Crippen LogP contribution >= 0.6 is 11.6 Å². The van der Waals surface area contributed by atoms with Crippen molar-refractivity contribution in [3.63, 3.8) is 0 Å². The van der Waals surface area contributed by atoms with Gasteiger partial charge in [0.25, 0.3) is 5.91 Å². The van der Waals surface area contributed by atoms with Crippen LogP contribution in [-0.2, 0) is 9.53 Å². The van der Waals surface area contributed by atoms with Crippen LogP contribution in [-0.4, -0.2) is 54.8 Å². The van der Waals surface area contributed by atoms with Crippen LogP contribution < -0.4 is 15.0 Å². The van der Waals surface area contributed by atoms with Gasteiger partial charge in [-0.15, -0.1) is 0 Å². The summed E-state index contributed by atoms with van der Waals surface area (Å²) >= 11 is 5.85. The highest BCUT2D eigenvalue weighted by Crippen LogP contribution is 2.26. The number of ether oxygens (including phenoxy) is 2. The first kappa shape index (κ1) is 19.9. The zero-order valence-corrected chi connectivity index (χ0v) is 17.0. The van der Waals surface area contributed by atoms with Crippen molar-refractivity contribution in [1.82, 2.24) is 15.3 Å². The molecule has 1 N–H and O–H groups in total. The van der Waals surface area contributed by atoms with Crippen LogP contribution in [0.3, 0.4) is 0 Å². The fraction of sp³-hybridized carbons (Fsp3) is 0.476. The van der Waals surface area contributed by atoms with Gasteiger partial charge >= 0.3 is 0 Å². The van der Waals surface area contributed by atoms with Crippen molar-refractivity contribution in [3.05, 3.63) is 47.2 Å². The van der Waals surface area contributed by atoms with Crippen LogP contribution in [0.4, 0.5) is 5.95 Å². The molecule has 2 aliphatic heterocycles. The first-order chi connectivity index (χ1) is 14.2. The molecule has 29 heavy (non-hydrogen) atoms. The summed E-state index contributed by atoms with van der Waals surface area (Å²) in [6.45, 7) is 3.08. The average Bonchev–Trinajstić information content (AvgIpc) is 3.22. The van der Waals surface area contributed by atoms with Crippen molar-refractivity contribution in [3.8, 4) is 5.75 Å². The first-order valence-electron chi connectivity index (χ1n) is 10.0. The molecule has 1 amide bonds. The Bertz CT molecular complexity index is 827. The zero-order chi connectivity index (χ0) is 20.1. The van der Waals surface area contributed by atoms with Crippen LogP contribution in [0, 0.1) is 0 Å². The molecule has 0 radical (unpaired) electrons. The monoisotopic (exact) mass is 416 g/mol. The molecule has 1 aromatic carbocycles. The van der Waals surface area contributed by atoms with Gasteiger partial charge in [-0.05, 0) is 49.6 Å². The van der Waals surface area contributed by atoms with Gasteiger partial charge < -0.3 is 19.7 Å². The molecule has 2 fully saturated rings. The molecule has 0 saturated carbocycles. The molecule has 2 aromatic rings. The summed E-state index contributed by atoms with van der Waals surface area (Å²) in [6, 6.07) is 9.02. The average molecular weight is 417 g/mol. The molecule has 4 rings (SSSR count). The van der Waals surface area contributed by atoms with Gasteiger partial charge in [0.15, 0.2) is 6.61 Å². The third-order valence-electron chi connectivity index (χ3n) is 5.32. The molecule has 1 aromatic heterocycles. The van der Waals surface area contributed by atoms with Gasteiger partial charge in [-0.2, -0.15) is 0 Å². The van der Waals surface area contributed by atoms with E-state index in [0.29, 0.717) is 23.2 Å². The maximum Gasteiger partial charge on any atom is 0.258 e. The molecule has 1 atom stereocenters. The fourth-order valence-electron chi connectivity index (χ4n) is 3.74. The number of amides is 1. The van der Waals surface area contributed by atoms with Gasteiger partial charge in [0.1, 0.15) is 5.75 Å². The minimum Gasteiger partial charge on any atom is -0.484 e. The Morgan fingerprint density at radius 2 is 2.00 bits per heavy atom. The van der Waals surface area contributed by atoms with E-state index in [1.54, 1.807) is 24.3 Å². The fourth-order valence-corrected chi connectivity index (χ4v) is 3.87. The summed E-state index contributed by atoms with van der Waals surface area (Å²) in [5.74, 6) is 1.66. The highest BCUT2D eigenvalue weighted by Gasteiger charge is 2.26. The molecule has 0 bridgehead atoms. The second-order valence-corrected chi connectivity index (χ2v) is 7.85. The first-order valence-corrected chi connectivity index (χ1v) is 10.4. The van der Waals surface area contributed by atoms with Gasteiger partial charge in [-0.25, -0.2) is 9.97 Å². The summed E-state index contributed by atoms with van der Waals surface area (Å²) in [4.78, 5) is 23.6. The Balaban J connectivity index is 1.27. The lowest BCUT2D eigenvalue weighted by molar-refractivity contribution is -0.123. The lowest BCUT2D eigenvalue weighted by Gasteiger charge is -2.23. The maximum absolute atomic E-state index is 12.2. The molecule has 7 nitrogen and oxygen atoms in total. The largest absolute Gasteiger partial charge is 0.484 e. The van der Waals surface area contributed by atoms with Crippen molar-refractivity contribution in [2.45, 2.75) is 31.2 Å². The minimum atomic E-state index is -0.135. The highest BCUT2D eigenvalue weighted by atomic mass is 35.5. The maximum atomic E-state index is 12.2. The topological polar surface area (TPSA) is 76.6 Å². The Kier molecular flexibility index (Phi) is 6.46. The number of rotatable bonds is 6. The molecular weight excluding hydrogens is 392 g/mol. The smallest absolute Gasteiger partial charge is 0.258 e. The minimum absolute atomic E-state index is 0.0200. The number of hydrogen-bond acceptors (Lipinski definition) is 6. The normalized spacial score (nSPS) is 19.9. The van der Waals surface area contributed by atoms with E-state index in [-0.39, 0.29) is 18.6 Å². The lowest BCUT2D eigenvalue weighted by Crippen LogP contribution is -2.39. The van der Waals surface area contributed by atoms with E-state index in [0.717, 1.165) is 50.7 Å². The lowest BCUT2D eigenvalue weighted by atomic mass is 9.96. The SMILES string of the molecule is O=C(COc1ccc(Cl)cc1)NC1CCN(c2nccc(C3CCOCC3)n2)C1. The number of carbonyl (C=O) groups is 1. The summed E-state index contributed by atoms with van der Waals surface area (Å²) < 4.78 is 11.0. The second-order valence-electron chi connectivity index (χ2n) is 7.41. The summed E-state index contributed by atoms with van der Waals surface area (Å²) in [6.07, 6.45) is 4.70. The van der Waals surface area contributed by atoms with Crippen LogP contribution in [0.25, 0.3) is 0 Å². The molecule has 1 unspecified atom stereocenters. The molecule has 2 aliphatic rings. The standard InChI is InChI=1S/C21H25ClN4O3/c22-16-1-3-18(4-2-16)29-14-20(27)24-17-6-10-26(13-17)21-23-9-5-19(25-21)15-7-11-28-12-8-15/h1-5,9,15,17H,6-8,10-14H2,(H,24,27). The summed E-state index contributed by atoms with van der Waals surface area (Å²) in [7, 11) is 0. The molecule has 0 aliphatic carbocycles. The number of nitrogens with one attached hydrogen (secondary N) is 1. The zero-order valence-electron chi connectivity index (χ0n) is 16.2. The van der Waals surface area contributed by atoms with Gasteiger partial charge in [0.2, 0.25) is 5.95 Å². The van der Waals surface area contributed by atoms with E-state index < -0.39 is 0 Å². The number of nitrogens with zero attached hydrogens (tertiary/aromatic N) is 3. The number of halogens is 1. The van der Waals surface area contributed by atoms with Gasteiger partial charge in [-0.3, -0.25) is 4.79 Å². The number of benzene rings is 1. The van der Waals surface area contributed by atoms with E-state index in [2.05, 4.69) is 15.2 Å². The second kappa shape index (κ2) is 9.41.